The van der Waals surface area contributed by atoms with E-state index < -0.39 is 5.97 Å². The van der Waals surface area contributed by atoms with Gasteiger partial charge < -0.3 is 5.11 Å². The van der Waals surface area contributed by atoms with Crippen LogP contribution in [0.15, 0.2) is 28.1 Å². The highest BCUT2D eigenvalue weighted by molar-refractivity contribution is 9.10. The SMILES string of the molecule is CC(C)n1c(SCC(=O)O)nnc1-c1cncc(Br)c1. The molecule has 2 aromatic rings. The molecule has 0 aromatic carbocycles. The van der Waals surface area contributed by atoms with Crippen molar-refractivity contribution in [3.8, 4) is 11.4 Å². The fourth-order valence-corrected chi connectivity index (χ4v) is 2.85. The number of hydrogen-bond acceptors (Lipinski definition) is 5. The summed E-state index contributed by atoms with van der Waals surface area (Å²) in [6.07, 6.45) is 3.40. The third kappa shape index (κ3) is 3.37. The molecular weight excluding hydrogens is 344 g/mol. The van der Waals surface area contributed by atoms with Crippen LogP contribution in [0.1, 0.15) is 19.9 Å². The Morgan fingerprint density at radius 2 is 2.20 bits per heavy atom. The molecule has 0 atom stereocenters. The van der Waals surface area contributed by atoms with Crippen molar-refractivity contribution in [2.24, 2.45) is 0 Å². The first-order valence-electron chi connectivity index (χ1n) is 5.89. The van der Waals surface area contributed by atoms with E-state index in [1.807, 2.05) is 24.5 Å². The summed E-state index contributed by atoms with van der Waals surface area (Å²) in [5.41, 5.74) is 0.836. The Labute approximate surface area is 128 Å². The largest absolute Gasteiger partial charge is 0.481 e. The summed E-state index contributed by atoms with van der Waals surface area (Å²) >= 11 is 4.54. The van der Waals surface area contributed by atoms with E-state index in [0.717, 1.165) is 21.8 Å². The van der Waals surface area contributed by atoms with Crippen molar-refractivity contribution in [2.75, 3.05) is 5.75 Å². The lowest BCUT2D eigenvalue weighted by molar-refractivity contribution is -0.133. The zero-order valence-electron chi connectivity index (χ0n) is 10.9. The van der Waals surface area contributed by atoms with Gasteiger partial charge in [0.05, 0.1) is 5.75 Å². The molecule has 1 N–H and O–H groups in total. The second-order valence-electron chi connectivity index (χ2n) is 4.34. The maximum absolute atomic E-state index is 10.7. The van der Waals surface area contributed by atoms with E-state index in [1.54, 1.807) is 12.4 Å². The molecule has 0 radical (unpaired) electrons. The summed E-state index contributed by atoms with van der Waals surface area (Å²) in [7, 11) is 0. The van der Waals surface area contributed by atoms with Gasteiger partial charge in [0.15, 0.2) is 11.0 Å². The molecule has 0 aliphatic rings. The molecule has 6 nitrogen and oxygen atoms in total. The van der Waals surface area contributed by atoms with Crippen molar-refractivity contribution < 1.29 is 9.90 Å². The minimum Gasteiger partial charge on any atom is -0.481 e. The summed E-state index contributed by atoms with van der Waals surface area (Å²) in [5, 5.41) is 17.6. The lowest BCUT2D eigenvalue weighted by Gasteiger charge is -2.13. The van der Waals surface area contributed by atoms with E-state index in [4.69, 9.17) is 5.11 Å². The van der Waals surface area contributed by atoms with Gasteiger partial charge in [0.25, 0.3) is 0 Å². The lowest BCUT2D eigenvalue weighted by Crippen LogP contribution is -2.07. The van der Waals surface area contributed by atoms with E-state index >= 15 is 0 Å². The van der Waals surface area contributed by atoms with Crippen molar-refractivity contribution in [3.63, 3.8) is 0 Å². The minimum atomic E-state index is -0.876. The molecule has 2 rings (SSSR count). The smallest absolute Gasteiger partial charge is 0.313 e. The summed E-state index contributed by atoms with van der Waals surface area (Å²) in [6.45, 7) is 4.01. The normalized spacial score (nSPS) is 11.0. The molecule has 2 aromatic heterocycles. The second kappa shape index (κ2) is 6.36. The number of halogens is 1. The highest BCUT2D eigenvalue weighted by Gasteiger charge is 2.17. The van der Waals surface area contributed by atoms with Crippen molar-refractivity contribution in [1.29, 1.82) is 0 Å². The van der Waals surface area contributed by atoms with Gasteiger partial charge in [-0.3, -0.25) is 14.3 Å². The maximum atomic E-state index is 10.7. The lowest BCUT2D eigenvalue weighted by atomic mass is 10.2. The molecule has 0 unspecified atom stereocenters. The zero-order chi connectivity index (χ0) is 14.7. The van der Waals surface area contributed by atoms with Gasteiger partial charge in [0.1, 0.15) is 0 Å². The van der Waals surface area contributed by atoms with Crippen LogP contribution in [0.2, 0.25) is 0 Å². The van der Waals surface area contributed by atoms with Crippen LogP contribution < -0.4 is 0 Å². The quantitative estimate of drug-likeness (QED) is 0.829. The fraction of sp³-hybridized carbons (Fsp3) is 0.333. The predicted molar refractivity (Wildman–Crippen MR) is 79.7 cm³/mol. The van der Waals surface area contributed by atoms with Gasteiger partial charge in [-0.15, -0.1) is 10.2 Å². The third-order valence-electron chi connectivity index (χ3n) is 2.47. The van der Waals surface area contributed by atoms with Crippen molar-refractivity contribution in [1.82, 2.24) is 19.7 Å². The number of hydrogen-bond donors (Lipinski definition) is 1. The Kier molecular flexibility index (Phi) is 4.77. The Balaban J connectivity index is 2.41. The monoisotopic (exact) mass is 356 g/mol. The first-order chi connectivity index (χ1) is 9.49. The highest BCUT2D eigenvalue weighted by atomic mass is 79.9. The number of pyridine rings is 1. The molecule has 0 spiro atoms. The average Bonchev–Trinajstić information content (AvgIpc) is 2.80. The van der Waals surface area contributed by atoms with Gasteiger partial charge in [0.2, 0.25) is 0 Å². The average molecular weight is 357 g/mol. The van der Waals surface area contributed by atoms with Crippen LogP contribution >= 0.6 is 27.7 Å². The first kappa shape index (κ1) is 15.0. The van der Waals surface area contributed by atoms with Crippen molar-refractivity contribution >= 4 is 33.7 Å². The predicted octanol–water partition coefficient (Wildman–Crippen LogP) is 2.86. The van der Waals surface area contributed by atoms with Crippen LogP contribution in [0.4, 0.5) is 0 Å². The molecule has 106 valence electrons. The third-order valence-corrected chi connectivity index (χ3v) is 3.83. The molecule has 0 fully saturated rings. The molecule has 0 aliphatic heterocycles. The number of aromatic nitrogens is 4. The van der Waals surface area contributed by atoms with Gasteiger partial charge in [-0.05, 0) is 35.8 Å². The number of carbonyl (C=O) groups is 1. The number of aliphatic carboxylic acids is 1. The number of rotatable bonds is 5. The maximum Gasteiger partial charge on any atom is 0.313 e. The molecule has 0 saturated heterocycles. The first-order valence-corrected chi connectivity index (χ1v) is 7.67. The standard InChI is InChI=1S/C12H13BrN4O2S/c1-7(2)17-11(8-3-9(13)5-14-4-8)15-16-12(17)20-6-10(18)19/h3-5,7H,6H2,1-2H3,(H,18,19). The van der Waals surface area contributed by atoms with Gasteiger partial charge in [-0.25, -0.2) is 0 Å². The van der Waals surface area contributed by atoms with Gasteiger partial charge in [0, 0.05) is 28.5 Å². The molecule has 20 heavy (non-hydrogen) atoms. The van der Waals surface area contributed by atoms with Crippen LogP contribution in [-0.4, -0.2) is 36.6 Å². The second-order valence-corrected chi connectivity index (χ2v) is 6.20. The van der Waals surface area contributed by atoms with E-state index in [9.17, 15) is 4.79 Å². The molecule has 2 heterocycles. The Morgan fingerprint density at radius 3 is 2.80 bits per heavy atom. The Morgan fingerprint density at radius 1 is 1.45 bits per heavy atom. The summed E-state index contributed by atoms with van der Waals surface area (Å²) < 4.78 is 2.77. The Bertz CT molecular complexity index is 630. The molecule has 0 saturated carbocycles. The molecule has 0 bridgehead atoms. The Hall–Kier alpha value is -1.41. The van der Waals surface area contributed by atoms with Gasteiger partial charge in [-0.2, -0.15) is 0 Å². The zero-order valence-corrected chi connectivity index (χ0v) is 13.3. The van der Waals surface area contributed by atoms with Crippen LogP contribution in [0.5, 0.6) is 0 Å². The molecule has 8 heteroatoms. The topological polar surface area (TPSA) is 80.9 Å². The van der Waals surface area contributed by atoms with Crippen LogP contribution in [0.3, 0.4) is 0 Å². The summed E-state index contributed by atoms with van der Waals surface area (Å²) in [4.78, 5) is 14.8. The number of carboxylic acid groups (broad SMARTS) is 1. The summed E-state index contributed by atoms with van der Waals surface area (Å²) in [5.74, 6) is -0.234. The number of thioether (sulfide) groups is 1. The minimum absolute atomic E-state index is 0.0401. The highest BCUT2D eigenvalue weighted by Crippen LogP contribution is 2.28. The van der Waals surface area contributed by atoms with Crippen LogP contribution in [0, 0.1) is 0 Å². The van der Waals surface area contributed by atoms with E-state index in [1.165, 1.54) is 0 Å². The van der Waals surface area contributed by atoms with Crippen molar-refractivity contribution in [2.45, 2.75) is 25.0 Å². The number of nitrogens with zero attached hydrogens (tertiary/aromatic N) is 4. The molecule has 0 aliphatic carbocycles. The van der Waals surface area contributed by atoms with Gasteiger partial charge in [-0.1, -0.05) is 11.8 Å². The van der Waals surface area contributed by atoms with Crippen LogP contribution in [0.25, 0.3) is 11.4 Å². The van der Waals surface area contributed by atoms with Gasteiger partial charge >= 0.3 is 5.97 Å². The summed E-state index contributed by atoms with van der Waals surface area (Å²) in [6, 6.07) is 2.02. The van der Waals surface area contributed by atoms with E-state index in [0.29, 0.717) is 11.0 Å². The molecular formula is C12H13BrN4O2S. The molecule has 0 amide bonds. The van der Waals surface area contributed by atoms with E-state index in [2.05, 4.69) is 31.1 Å². The fourth-order valence-electron chi connectivity index (χ4n) is 1.70. The van der Waals surface area contributed by atoms with E-state index in [-0.39, 0.29) is 11.8 Å². The van der Waals surface area contributed by atoms with Crippen LogP contribution in [-0.2, 0) is 4.79 Å². The number of carboxylic acids is 1. The van der Waals surface area contributed by atoms with Crippen molar-refractivity contribution in [3.05, 3.63) is 22.9 Å².